The molecule has 0 bridgehead atoms. The first-order chi connectivity index (χ1) is 7.18. The Bertz CT molecular complexity index is 332. The first-order valence-electron chi connectivity index (χ1n) is 4.99. The number of carbonyl (C=O) groups excluding carboxylic acids is 1. The summed E-state index contributed by atoms with van der Waals surface area (Å²) >= 11 is 0. The van der Waals surface area contributed by atoms with Gasteiger partial charge in [0.1, 0.15) is 19.2 Å². The van der Waals surface area contributed by atoms with Gasteiger partial charge in [-0.05, 0) is 19.3 Å². The molecule has 1 aromatic heterocycles. The van der Waals surface area contributed by atoms with Crippen LogP contribution in [0.1, 0.15) is 19.3 Å². The van der Waals surface area contributed by atoms with Crippen molar-refractivity contribution in [2.45, 2.75) is 31.4 Å². The lowest BCUT2D eigenvalue weighted by Crippen LogP contribution is -2.48. The second kappa shape index (κ2) is 3.98. The number of aliphatic hydroxyl groups is 1. The van der Waals surface area contributed by atoms with Crippen LogP contribution in [0.15, 0.2) is 12.7 Å². The molecule has 6 heteroatoms. The number of rotatable bonds is 4. The highest BCUT2D eigenvalue weighted by Crippen LogP contribution is 2.30. The van der Waals surface area contributed by atoms with E-state index in [1.54, 1.807) is 0 Å². The maximum Gasteiger partial charge on any atom is 0.241 e. The molecule has 0 spiro atoms. The predicted octanol–water partition coefficient (Wildman–Crippen LogP) is -0.691. The summed E-state index contributed by atoms with van der Waals surface area (Å²) in [5.41, 5.74) is -0.669. The quantitative estimate of drug-likeness (QED) is 0.689. The van der Waals surface area contributed by atoms with Crippen molar-refractivity contribution in [2.24, 2.45) is 0 Å². The topological polar surface area (TPSA) is 80.0 Å². The van der Waals surface area contributed by atoms with Crippen molar-refractivity contribution >= 4 is 5.91 Å². The highest BCUT2D eigenvalue weighted by molar-refractivity contribution is 5.75. The predicted molar refractivity (Wildman–Crippen MR) is 51.8 cm³/mol. The van der Waals surface area contributed by atoms with Crippen molar-refractivity contribution in [3.8, 4) is 0 Å². The molecule has 0 saturated heterocycles. The summed E-state index contributed by atoms with van der Waals surface area (Å²) in [6.07, 6.45) is 5.45. The zero-order valence-corrected chi connectivity index (χ0v) is 8.39. The molecule has 2 N–H and O–H groups in total. The minimum Gasteiger partial charge on any atom is -0.388 e. The monoisotopic (exact) mass is 210 g/mol. The first kappa shape index (κ1) is 10.1. The average molecular weight is 210 g/mol. The lowest BCUT2D eigenvalue weighted by molar-refractivity contribution is -0.124. The van der Waals surface area contributed by atoms with Crippen LogP contribution in [-0.4, -0.2) is 37.9 Å². The standard InChI is InChI=1S/C9H14N4O2/c14-8(4-13-7-10-6-12-13)11-5-9(15)2-1-3-9/h6-7,15H,1-5H2,(H,11,14). The molecule has 1 aliphatic rings. The molecule has 1 amide bonds. The van der Waals surface area contributed by atoms with Crippen molar-refractivity contribution in [1.29, 1.82) is 0 Å². The van der Waals surface area contributed by atoms with Gasteiger partial charge in [-0.3, -0.25) is 4.79 Å². The number of aromatic nitrogens is 3. The Morgan fingerprint density at radius 2 is 2.40 bits per heavy atom. The van der Waals surface area contributed by atoms with Crippen LogP contribution >= 0.6 is 0 Å². The second-order valence-electron chi connectivity index (χ2n) is 3.95. The molecule has 0 aromatic carbocycles. The second-order valence-corrected chi connectivity index (χ2v) is 3.95. The Morgan fingerprint density at radius 3 is 2.93 bits per heavy atom. The Labute approximate surface area is 87.3 Å². The molecule has 1 saturated carbocycles. The van der Waals surface area contributed by atoms with E-state index < -0.39 is 5.60 Å². The SMILES string of the molecule is O=C(Cn1cncn1)NCC1(O)CCC1. The van der Waals surface area contributed by atoms with E-state index in [1.165, 1.54) is 17.3 Å². The van der Waals surface area contributed by atoms with Crippen molar-refractivity contribution in [2.75, 3.05) is 6.54 Å². The summed E-state index contributed by atoms with van der Waals surface area (Å²) in [5, 5.41) is 16.2. The molecule has 0 unspecified atom stereocenters. The summed E-state index contributed by atoms with van der Waals surface area (Å²) in [6.45, 7) is 0.483. The molecular weight excluding hydrogens is 196 g/mol. The van der Waals surface area contributed by atoms with Gasteiger partial charge in [0.25, 0.3) is 0 Å². The van der Waals surface area contributed by atoms with Gasteiger partial charge in [0.15, 0.2) is 0 Å². The van der Waals surface area contributed by atoms with Gasteiger partial charge in [-0.15, -0.1) is 0 Å². The van der Waals surface area contributed by atoms with E-state index in [-0.39, 0.29) is 12.5 Å². The van der Waals surface area contributed by atoms with Gasteiger partial charge in [0.05, 0.1) is 5.60 Å². The molecule has 2 rings (SSSR count). The van der Waals surface area contributed by atoms with Crippen LogP contribution in [0.4, 0.5) is 0 Å². The van der Waals surface area contributed by atoms with E-state index in [4.69, 9.17) is 0 Å². The maximum atomic E-state index is 11.4. The molecule has 0 aliphatic heterocycles. The van der Waals surface area contributed by atoms with Gasteiger partial charge in [-0.1, -0.05) is 0 Å². The minimum atomic E-state index is -0.669. The van der Waals surface area contributed by atoms with Gasteiger partial charge in [-0.2, -0.15) is 5.10 Å². The fraction of sp³-hybridized carbons (Fsp3) is 0.667. The lowest BCUT2D eigenvalue weighted by atomic mass is 9.80. The smallest absolute Gasteiger partial charge is 0.241 e. The molecule has 0 radical (unpaired) electrons. The molecule has 1 aromatic rings. The average Bonchev–Trinajstić information content (AvgIpc) is 2.64. The Kier molecular flexibility index (Phi) is 2.68. The van der Waals surface area contributed by atoms with Crippen molar-refractivity contribution in [3.63, 3.8) is 0 Å². The zero-order chi connectivity index (χ0) is 10.7. The molecule has 82 valence electrons. The summed E-state index contributed by atoms with van der Waals surface area (Å²) in [5.74, 6) is -0.152. The van der Waals surface area contributed by atoms with Gasteiger partial charge < -0.3 is 10.4 Å². The van der Waals surface area contributed by atoms with Crippen LogP contribution in [-0.2, 0) is 11.3 Å². The number of amides is 1. The lowest BCUT2D eigenvalue weighted by Gasteiger charge is -2.36. The normalized spacial score (nSPS) is 18.2. The third-order valence-corrected chi connectivity index (χ3v) is 2.67. The third-order valence-electron chi connectivity index (χ3n) is 2.67. The number of hydrogen-bond acceptors (Lipinski definition) is 4. The van der Waals surface area contributed by atoms with Gasteiger partial charge in [0.2, 0.25) is 5.91 Å². The molecular formula is C9H14N4O2. The number of nitrogens with zero attached hydrogens (tertiary/aromatic N) is 3. The first-order valence-corrected chi connectivity index (χ1v) is 4.99. The Morgan fingerprint density at radius 1 is 1.60 bits per heavy atom. The summed E-state index contributed by atoms with van der Waals surface area (Å²) in [6, 6.07) is 0. The van der Waals surface area contributed by atoms with Crippen LogP contribution in [0.5, 0.6) is 0 Å². The van der Waals surface area contributed by atoms with Crippen LogP contribution in [0, 0.1) is 0 Å². The maximum absolute atomic E-state index is 11.4. The largest absolute Gasteiger partial charge is 0.388 e. The third kappa shape index (κ3) is 2.53. The molecule has 15 heavy (non-hydrogen) atoms. The highest BCUT2D eigenvalue weighted by Gasteiger charge is 2.34. The molecule has 1 aliphatic carbocycles. The van der Waals surface area contributed by atoms with E-state index in [0.717, 1.165) is 19.3 Å². The number of carbonyl (C=O) groups is 1. The highest BCUT2D eigenvalue weighted by atomic mass is 16.3. The van der Waals surface area contributed by atoms with E-state index in [1.807, 2.05) is 0 Å². The van der Waals surface area contributed by atoms with Crippen molar-refractivity contribution in [1.82, 2.24) is 20.1 Å². The van der Waals surface area contributed by atoms with E-state index in [2.05, 4.69) is 15.4 Å². The summed E-state index contributed by atoms with van der Waals surface area (Å²) < 4.78 is 1.44. The van der Waals surface area contributed by atoms with E-state index in [9.17, 15) is 9.90 Å². The van der Waals surface area contributed by atoms with Crippen molar-refractivity contribution in [3.05, 3.63) is 12.7 Å². The number of hydrogen-bond donors (Lipinski definition) is 2. The zero-order valence-electron chi connectivity index (χ0n) is 8.39. The van der Waals surface area contributed by atoms with E-state index >= 15 is 0 Å². The Balaban J connectivity index is 1.73. The minimum absolute atomic E-state index is 0.149. The fourth-order valence-corrected chi connectivity index (χ4v) is 1.54. The summed E-state index contributed by atoms with van der Waals surface area (Å²) in [7, 11) is 0. The van der Waals surface area contributed by atoms with Crippen molar-refractivity contribution < 1.29 is 9.90 Å². The van der Waals surface area contributed by atoms with E-state index in [0.29, 0.717) is 6.54 Å². The Hall–Kier alpha value is -1.43. The van der Waals surface area contributed by atoms with Gasteiger partial charge in [-0.25, -0.2) is 9.67 Å². The van der Waals surface area contributed by atoms with Gasteiger partial charge >= 0.3 is 0 Å². The van der Waals surface area contributed by atoms with Gasteiger partial charge in [0, 0.05) is 6.54 Å². The van der Waals surface area contributed by atoms with Crippen LogP contribution in [0.25, 0.3) is 0 Å². The number of nitrogens with one attached hydrogen (secondary N) is 1. The molecule has 1 fully saturated rings. The molecule has 1 heterocycles. The van der Waals surface area contributed by atoms with Crippen LogP contribution in [0.3, 0.4) is 0 Å². The van der Waals surface area contributed by atoms with Crippen LogP contribution < -0.4 is 5.32 Å². The fourth-order valence-electron chi connectivity index (χ4n) is 1.54. The molecule has 6 nitrogen and oxygen atoms in total. The van der Waals surface area contributed by atoms with Crippen LogP contribution in [0.2, 0.25) is 0 Å². The molecule has 0 atom stereocenters. The summed E-state index contributed by atoms with van der Waals surface area (Å²) in [4.78, 5) is 15.1.